The summed E-state index contributed by atoms with van der Waals surface area (Å²) in [4.78, 5) is 23.3. The van der Waals surface area contributed by atoms with Gasteiger partial charge in [-0.25, -0.2) is 8.78 Å². The molecule has 0 heterocycles. The molecule has 0 bridgehead atoms. The number of nitrogens with one attached hydrogen (secondary N) is 1. The van der Waals surface area contributed by atoms with Crippen LogP contribution >= 0.6 is 24.0 Å². The van der Waals surface area contributed by atoms with Gasteiger partial charge in [-0.3, -0.25) is 9.59 Å². The highest BCUT2D eigenvalue weighted by Crippen LogP contribution is 2.23. The van der Waals surface area contributed by atoms with Gasteiger partial charge in [0.05, 0.1) is 12.3 Å². The molecule has 0 amide bonds. The molecule has 0 aliphatic rings. The number of carbonyl (C=O) groups is 2. The van der Waals surface area contributed by atoms with Crippen LogP contribution in [0.3, 0.4) is 0 Å². The van der Waals surface area contributed by atoms with Gasteiger partial charge in [-0.2, -0.15) is 0 Å². The first-order valence-corrected chi connectivity index (χ1v) is 7.55. The van der Waals surface area contributed by atoms with Crippen molar-refractivity contribution in [1.29, 1.82) is 0 Å². The largest absolute Gasteiger partial charge is 0.466 e. The van der Waals surface area contributed by atoms with Crippen LogP contribution in [0.2, 0.25) is 0 Å². The molecule has 0 fully saturated rings. The zero-order chi connectivity index (χ0) is 16.0. The zero-order valence-corrected chi connectivity index (χ0v) is 13.0. The molecule has 0 saturated carbocycles. The number of esters is 1. The Balaban J connectivity index is 3.08. The summed E-state index contributed by atoms with van der Waals surface area (Å²) in [6, 6.07) is 1.57. The number of carbonyl (C=O) groups excluding carboxylic acids is 2. The summed E-state index contributed by atoms with van der Waals surface area (Å²) >= 11 is 6.10. The maximum Gasteiger partial charge on any atom is 0.313 e. The first-order chi connectivity index (χ1) is 9.88. The molecule has 114 valence electrons. The number of benzene rings is 1. The van der Waals surface area contributed by atoms with E-state index >= 15 is 0 Å². The molecule has 0 aliphatic carbocycles. The minimum absolute atomic E-state index is 0.0162. The summed E-state index contributed by atoms with van der Waals surface area (Å²) in [6.07, 6.45) is 1.13. The van der Waals surface area contributed by atoms with E-state index in [2.05, 4.69) is 10.1 Å². The van der Waals surface area contributed by atoms with Crippen LogP contribution in [-0.4, -0.2) is 28.9 Å². The normalized spacial score (nSPS) is 10.1. The average Bonchev–Trinajstić information content (AvgIpc) is 2.42. The van der Waals surface area contributed by atoms with Gasteiger partial charge in [0.2, 0.25) is 0 Å². The molecular weight excluding hydrogens is 320 g/mol. The van der Waals surface area contributed by atoms with Gasteiger partial charge < -0.3 is 10.1 Å². The minimum Gasteiger partial charge on any atom is -0.466 e. The second kappa shape index (κ2) is 8.04. The number of Topliss-reactive ketones (excluding diaryl/α,β-unsaturated/α-hetero) is 1. The molecule has 8 heteroatoms. The third-order valence-corrected chi connectivity index (χ3v) is 3.47. The summed E-state index contributed by atoms with van der Waals surface area (Å²) in [5.74, 6) is -3.71. The van der Waals surface area contributed by atoms with Crippen molar-refractivity contribution in [3.05, 3.63) is 29.3 Å². The molecule has 0 unspecified atom stereocenters. The fourth-order valence-corrected chi connectivity index (χ4v) is 1.80. The van der Waals surface area contributed by atoms with E-state index in [0.29, 0.717) is 0 Å². The van der Waals surface area contributed by atoms with E-state index in [-0.39, 0.29) is 22.2 Å². The second-order valence-electron chi connectivity index (χ2n) is 3.83. The Kier molecular flexibility index (Phi) is 6.70. The van der Waals surface area contributed by atoms with Crippen LogP contribution in [0.15, 0.2) is 12.1 Å². The van der Waals surface area contributed by atoms with E-state index in [1.165, 1.54) is 11.8 Å². The van der Waals surface area contributed by atoms with Crippen LogP contribution in [0.1, 0.15) is 23.7 Å². The number of hydrogen-bond acceptors (Lipinski definition) is 5. The predicted octanol–water partition coefficient (Wildman–Crippen LogP) is 3.16. The molecule has 1 aromatic rings. The monoisotopic (exact) mass is 333 g/mol. The van der Waals surface area contributed by atoms with Crippen LogP contribution in [0.25, 0.3) is 0 Å². The molecule has 0 atom stereocenters. The van der Waals surface area contributed by atoms with Gasteiger partial charge in [0.25, 0.3) is 0 Å². The van der Waals surface area contributed by atoms with E-state index in [1.54, 1.807) is 13.2 Å². The standard InChI is InChI=1S/C13H13F2NO3S2/c1-3-19-12(18)6-11(17)7-4-8(14)9(15)5-10(7)16-13(20)21-2/h4-5H,3,6H2,1-2H3,(H,16,20). The van der Waals surface area contributed by atoms with Crippen molar-refractivity contribution < 1.29 is 23.1 Å². The predicted molar refractivity (Wildman–Crippen MR) is 81.7 cm³/mol. The van der Waals surface area contributed by atoms with Crippen LogP contribution < -0.4 is 5.32 Å². The van der Waals surface area contributed by atoms with Gasteiger partial charge in [0.1, 0.15) is 10.7 Å². The van der Waals surface area contributed by atoms with Crippen LogP contribution in [0, 0.1) is 11.6 Å². The Bertz CT molecular complexity index is 579. The van der Waals surface area contributed by atoms with Crippen LogP contribution in [0.4, 0.5) is 14.5 Å². The van der Waals surface area contributed by atoms with Gasteiger partial charge in [-0.05, 0) is 19.2 Å². The maximum atomic E-state index is 13.3. The summed E-state index contributed by atoms with van der Waals surface area (Å²) in [5, 5.41) is 2.63. The number of ketones is 1. The van der Waals surface area contributed by atoms with Crippen molar-refractivity contribution in [2.45, 2.75) is 13.3 Å². The first kappa shape index (κ1) is 17.5. The van der Waals surface area contributed by atoms with Crippen molar-refractivity contribution in [3.8, 4) is 0 Å². The molecule has 0 saturated heterocycles. The lowest BCUT2D eigenvalue weighted by Gasteiger charge is -2.11. The van der Waals surface area contributed by atoms with Gasteiger partial charge in [-0.1, -0.05) is 12.2 Å². The summed E-state index contributed by atoms with van der Waals surface area (Å²) in [7, 11) is 0. The van der Waals surface area contributed by atoms with Gasteiger partial charge >= 0.3 is 5.97 Å². The highest BCUT2D eigenvalue weighted by atomic mass is 32.2. The third-order valence-electron chi connectivity index (χ3n) is 2.39. The Morgan fingerprint density at radius 2 is 1.95 bits per heavy atom. The van der Waals surface area contributed by atoms with E-state index in [4.69, 9.17) is 12.2 Å². The van der Waals surface area contributed by atoms with Crippen molar-refractivity contribution in [2.75, 3.05) is 18.2 Å². The van der Waals surface area contributed by atoms with Crippen molar-refractivity contribution in [2.24, 2.45) is 0 Å². The summed E-state index contributed by atoms with van der Waals surface area (Å²) < 4.78 is 31.5. The number of ether oxygens (including phenoxy) is 1. The quantitative estimate of drug-likeness (QED) is 0.387. The highest BCUT2D eigenvalue weighted by Gasteiger charge is 2.19. The molecule has 0 radical (unpaired) electrons. The third kappa shape index (κ3) is 5.05. The number of thioether (sulfide) groups is 1. The maximum absolute atomic E-state index is 13.3. The Morgan fingerprint density at radius 3 is 2.52 bits per heavy atom. The zero-order valence-electron chi connectivity index (χ0n) is 11.4. The molecule has 1 aromatic carbocycles. The Hall–Kier alpha value is -1.54. The average molecular weight is 333 g/mol. The van der Waals surface area contributed by atoms with Gasteiger partial charge in [0, 0.05) is 11.6 Å². The Labute approximate surface area is 130 Å². The van der Waals surface area contributed by atoms with E-state index in [1.807, 2.05) is 0 Å². The summed E-state index contributed by atoms with van der Waals surface area (Å²) in [5.41, 5.74) is -0.138. The molecule has 1 rings (SSSR count). The van der Waals surface area contributed by atoms with Crippen molar-refractivity contribution in [1.82, 2.24) is 0 Å². The molecule has 0 aromatic heterocycles. The van der Waals surface area contributed by atoms with E-state index < -0.39 is 29.8 Å². The lowest BCUT2D eigenvalue weighted by Crippen LogP contribution is -2.15. The SMILES string of the molecule is CCOC(=O)CC(=O)c1cc(F)c(F)cc1NC(=S)SC. The summed E-state index contributed by atoms with van der Waals surface area (Å²) in [6.45, 7) is 1.73. The smallest absolute Gasteiger partial charge is 0.313 e. The number of hydrogen-bond donors (Lipinski definition) is 1. The molecule has 21 heavy (non-hydrogen) atoms. The fraction of sp³-hybridized carbons (Fsp3) is 0.308. The topological polar surface area (TPSA) is 55.4 Å². The fourth-order valence-electron chi connectivity index (χ4n) is 1.48. The van der Waals surface area contributed by atoms with Crippen LogP contribution in [-0.2, 0) is 9.53 Å². The van der Waals surface area contributed by atoms with Gasteiger partial charge in [0.15, 0.2) is 17.4 Å². The van der Waals surface area contributed by atoms with Crippen LogP contribution in [0.5, 0.6) is 0 Å². The number of anilines is 1. The first-order valence-electron chi connectivity index (χ1n) is 5.91. The van der Waals surface area contributed by atoms with Gasteiger partial charge in [-0.15, -0.1) is 11.8 Å². The molecular formula is C13H13F2NO3S2. The van der Waals surface area contributed by atoms with Crippen molar-refractivity contribution in [3.63, 3.8) is 0 Å². The van der Waals surface area contributed by atoms with E-state index in [9.17, 15) is 18.4 Å². The number of thiocarbonyl (C=S) groups is 1. The molecule has 0 aliphatic heterocycles. The number of halogens is 2. The lowest BCUT2D eigenvalue weighted by atomic mass is 10.1. The van der Waals surface area contributed by atoms with Crippen molar-refractivity contribution >= 4 is 45.7 Å². The number of rotatable bonds is 5. The second-order valence-corrected chi connectivity index (χ2v) is 5.32. The molecule has 4 nitrogen and oxygen atoms in total. The Morgan fingerprint density at radius 1 is 1.33 bits per heavy atom. The molecule has 1 N–H and O–H groups in total. The highest BCUT2D eigenvalue weighted by molar-refractivity contribution is 8.22. The molecule has 0 spiro atoms. The lowest BCUT2D eigenvalue weighted by molar-refractivity contribution is -0.141. The minimum atomic E-state index is -1.18. The van der Waals surface area contributed by atoms with E-state index in [0.717, 1.165) is 12.1 Å².